The third-order valence-electron chi connectivity index (χ3n) is 1.79. The Labute approximate surface area is 80.7 Å². The summed E-state index contributed by atoms with van der Waals surface area (Å²) < 4.78 is 4.75. The number of aldehydes is 1. The van der Waals surface area contributed by atoms with Crippen molar-refractivity contribution in [3.63, 3.8) is 0 Å². The molecule has 1 aromatic carbocycles. The summed E-state index contributed by atoms with van der Waals surface area (Å²) in [5, 5.41) is 27.0. The van der Waals surface area contributed by atoms with E-state index in [1.54, 1.807) is 0 Å². The van der Waals surface area contributed by atoms with Gasteiger partial charge in [0, 0.05) is 5.56 Å². The van der Waals surface area contributed by atoms with Gasteiger partial charge in [-0.15, -0.1) is 0 Å². The zero-order chi connectivity index (χ0) is 10.7. The Morgan fingerprint density at radius 3 is 2.50 bits per heavy atom. The number of methoxy groups -OCH3 is 1. The number of benzene rings is 1. The first-order valence-corrected chi connectivity index (χ1v) is 3.82. The number of hydrogen-bond donors (Lipinski definition) is 3. The van der Waals surface area contributed by atoms with Crippen molar-refractivity contribution in [2.75, 3.05) is 7.11 Å². The Morgan fingerprint density at radius 2 is 2.07 bits per heavy atom. The summed E-state index contributed by atoms with van der Waals surface area (Å²) in [5.41, 5.74) is 0.00736. The molecule has 0 aromatic heterocycles. The smallest absolute Gasteiger partial charge is 0.489 e. The first-order chi connectivity index (χ1) is 6.60. The summed E-state index contributed by atoms with van der Waals surface area (Å²) in [6.07, 6.45) is 0.455. The zero-order valence-electron chi connectivity index (χ0n) is 7.47. The topological polar surface area (TPSA) is 87.0 Å². The standard InChI is InChI=1S/C8H9BO5/c1-14-8-2-5(4-10)6(9(12)13)3-7(8)11/h2-4,11-13H,1H3. The van der Waals surface area contributed by atoms with Gasteiger partial charge >= 0.3 is 7.12 Å². The van der Waals surface area contributed by atoms with Crippen LogP contribution in [-0.2, 0) is 0 Å². The summed E-state index contributed by atoms with van der Waals surface area (Å²) >= 11 is 0. The molecule has 0 aliphatic heterocycles. The van der Waals surface area contributed by atoms with E-state index in [1.807, 2.05) is 0 Å². The predicted molar refractivity (Wildman–Crippen MR) is 49.9 cm³/mol. The Kier molecular flexibility index (Phi) is 3.11. The molecular formula is C8H9BO5. The highest BCUT2D eigenvalue weighted by Gasteiger charge is 2.18. The maximum atomic E-state index is 10.6. The second kappa shape index (κ2) is 4.12. The Bertz CT molecular complexity index is 350. The van der Waals surface area contributed by atoms with E-state index in [0.29, 0.717) is 6.29 Å². The van der Waals surface area contributed by atoms with Crippen LogP contribution in [-0.4, -0.2) is 35.7 Å². The molecule has 0 atom stereocenters. The number of phenols is 1. The third-order valence-corrected chi connectivity index (χ3v) is 1.79. The maximum absolute atomic E-state index is 10.6. The molecule has 14 heavy (non-hydrogen) atoms. The Hall–Kier alpha value is -1.53. The molecule has 0 radical (unpaired) electrons. The van der Waals surface area contributed by atoms with Crippen LogP contribution in [0.5, 0.6) is 11.5 Å². The minimum atomic E-state index is -1.80. The molecule has 6 heteroatoms. The van der Waals surface area contributed by atoms with Crippen LogP contribution in [0.1, 0.15) is 10.4 Å². The van der Waals surface area contributed by atoms with Crippen LogP contribution in [0.4, 0.5) is 0 Å². The largest absolute Gasteiger partial charge is 0.504 e. The van der Waals surface area contributed by atoms with Crippen molar-refractivity contribution in [3.05, 3.63) is 17.7 Å². The number of ether oxygens (including phenoxy) is 1. The van der Waals surface area contributed by atoms with Gasteiger partial charge < -0.3 is 19.9 Å². The molecule has 1 aromatic rings. The molecule has 5 nitrogen and oxygen atoms in total. The molecule has 0 bridgehead atoms. The second-order valence-electron chi connectivity index (χ2n) is 2.64. The van der Waals surface area contributed by atoms with Gasteiger partial charge in [-0.1, -0.05) is 0 Å². The van der Waals surface area contributed by atoms with Crippen LogP contribution < -0.4 is 10.2 Å². The molecule has 0 amide bonds. The van der Waals surface area contributed by atoms with Crippen LogP contribution in [0, 0.1) is 0 Å². The van der Waals surface area contributed by atoms with Crippen LogP contribution in [0.15, 0.2) is 12.1 Å². The van der Waals surface area contributed by atoms with Gasteiger partial charge in [-0.25, -0.2) is 0 Å². The van der Waals surface area contributed by atoms with E-state index >= 15 is 0 Å². The lowest BCUT2D eigenvalue weighted by molar-refractivity contribution is 0.112. The van der Waals surface area contributed by atoms with E-state index in [-0.39, 0.29) is 22.5 Å². The summed E-state index contributed by atoms with van der Waals surface area (Å²) in [6.45, 7) is 0. The molecule has 0 aliphatic rings. The monoisotopic (exact) mass is 196 g/mol. The molecule has 0 fully saturated rings. The van der Waals surface area contributed by atoms with E-state index in [2.05, 4.69) is 0 Å². The summed E-state index contributed by atoms with van der Waals surface area (Å²) in [7, 11) is -0.467. The summed E-state index contributed by atoms with van der Waals surface area (Å²) in [5.74, 6) is -0.141. The average Bonchev–Trinajstić information content (AvgIpc) is 2.17. The van der Waals surface area contributed by atoms with Crippen LogP contribution >= 0.6 is 0 Å². The van der Waals surface area contributed by atoms with Crippen LogP contribution in [0.3, 0.4) is 0 Å². The predicted octanol–water partition coefficient (Wildman–Crippen LogP) is -1.11. The van der Waals surface area contributed by atoms with Gasteiger partial charge in [-0.3, -0.25) is 4.79 Å². The molecule has 1 rings (SSSR count). The molecule has 0 spiro atoms. The number of hydrogen-bond acceptors (Lipinski definition) is 5. The van der Waals surface area contributed by atoms with Crippen molar-refractivity contribution < 1.29 is 24.7 Å². The van der Waals surface area contributed by atoms with Crippen LogP contribution in [0.25, 0.3) is 0 Å². The molecule has 0 heterocycles. The molecule has 74 valence electrons. The van der Waals surface area contributed by atoms with Crippen molar-refractivity contribution in [1.29, 1.82) is 0 Å². The Balaban J connectivity index is 3.31. The fourth-order valence-corrected chi connectivity index (χ4v) is 1.09. The third kappa shape index (κ3) is 1.86. The number of rotatable bonds is 3. The Morgan fingerprint density at radius 1 is 1.43 bits per heavy atom. The van der Waals surface area contributed by atoms with Crippen molar-refractivity contribution in [1.82, 2.24) is 0 Å². The highest BCUT2D eigenvalue weighted by Crippen LogP contribution is 2.24. The van der Waals surface area contributed by atoms with E-state index in [1.165, 1.54) is 13.2 Å². The van der Waals surface area contributed by atoms with Gasteiger partial charge in [0.1, 0.15) is 6.29 Å². The molecule has 0 saturated carbocycles. The number of phenolic OH excluding ortho intramolecular Hbond substituents is 1. The quantitative estimate of drug-likeness (QED) is 0.421. The van der Waals surface area contributed by atoms with Gasteiger partial charge in [0.25, 0.3) is 0 Å². The molecular weight excluding hydrogens is 187 g/mol. The lowest BCUT2D eigenvalue weighted by atomic mass is 9.77. The van der Waals surface area contributed by atoms with Crippen molar-refractivity contribution in [3.8, 4) is 11.5 Å². The molecule has 0 aliphatic carbocycles. The lowest BCUT2D eigenvalue weighted by Gasteiger charge is -2.08. The molecule has 0 saturated heterocycles. The average molecular weight is 196 g/mol. The highest BCUT2D eigenvalue weighted by molar-refractivity contribution is 6.60. The van der Waals surface area contributed by atoms with E-state index < -0.39 is 7.12 Å². The normalized spacial score (nSPS) is 9.64. The van der Waals surface area contributed by atoms with Crippen LogP contribution in [0.2, 0.25) is 0 Å². The summed E-state index contributed by atoms with van der Waals surface area (Å²) in [4.78, 5) is 10.6. The maximum Gasteiger partial charge on any atom is 0.489 e. The zero-order valence-corrected chi connectivity index (χ0v) is 7.47. The van der Waals surface area contributed by atoms with Crippen molar-refractivity contribution in [2.24, 2.45) is 0 Å². The fourth-order valence-electron chi connectivity index (χ4n) is 1.09. The minimum absolute atomic E-state index is 0.0571. The fraction of sp³-hybridized carbons (Fsp3) is 0.125. The van der Waals surface area contributed by atoms with Gasteiger partial charge in [0.15, 0.2) is 11.5 Å². The first-order valence-electron chi connectivity index (χ1n) is 3.82. The van der Waals surface area contributed by atoms with Crippen molar-refractivity contribution >= 4 is 18.9 Å². The summed E-state index contributed by atoms with van der Waals surface area (Å²) in [6, 6.07) is 2.31. The second-order valence-corrected chi connectivity index (χ2v) is 2.64. The van der Waals surface area contributed by atoms with Gasteiger partial charge in [0.2, 0.25) is 0 Å². The van der Waals surface area contributed by atoms with E-state index in [0.717, 1.165) is 6.07 Å². The first kappa shape index (κ1) is 10.6. The minimum Gasteiger partial charge on any atom is -0.504 e. The number of carbonyl (C=O) groups excluding carboxylic acids is 1. The highest BCUT2D eigenvalue weighted by atomic mass is 16.5. The van der Waals surface area contributed by atoms with E-state index in [4.69, 9.17) is 14.8 Å². The van der Waals surface area contributed by atoms with Crippen molar-refractivity contribution in [2.45, 2.75) is 0 Å². The van der Waals surface area contributed by atoms with Gasteiger partial charge in [0.05, 0.1) is 7.11 Å². The lowest BCUT2D eigenvalue weighted by Crippen LogP contribution is -2.32. The van der Waals surface area contributed by atoms with E-state index in [9.17, 15) is 9.90 Å². The SMILES string of the molecule is COc1cc(C=O)c(B(O)O)cc1O. The number of carbonyl (C=O) groups is 1. The molecule has 3 N–H and O–H groups in total. The number of aromatic hydroxyl groups is 1. The van der Waals surface area contributed by atoms with Gasteiger partial charge in [-0.2, -0.15) is 0 Å². The molecule has 0 unspecified atom stereocenters. The van der Waals surface area contributed by atoms with Gasteiger partial charge in [-0.05, 0) is 17.6 Å².